The number of aryl methyl sites for hydroxylation is 2. The van der Waals surface area contributed by atoms with Crippen LogP contribution in [-0.2, 0) is 0 Å². The number of carbonyl (C=O) groups is 1. The zero-order valence-corrected chi connectivity index (χ0v) is 10.3. The van der Waals surface area contributed by atoms with Crippen LogP contribution in [0.25, 0.3) is 5.69 Å². The zero-order chi connectivity index (χ0) is 12.6. The van der Waals surface area contributed by atoms with Crippen molar-refractivity contribution in [2.45, 2.75) is 13.8 Å². The van der Waals surface area contributed by atoms with Gasteiger partial charge in [-0.2, -0.15) is 0 Å². The zero-order valence-electron chi connectivity index (χ0n) is 9.57. The highest BCUT2D eigenvalue weighted by atomic mass is 35.5. The van der Waals surface area contributed by atoms with E-state index in [0.717, 1.165) is 11.3 Å². The fourth-order valence-electron chi connectivity index (χ4n) is 1.68. The molecule has 0 saturated carbocycles. The van der Waals surface area contributed by atoms with E-state index < -0.39 is 5.97 Å². The minimum absolute atomic E-state index is 0.165. The van der Waals surface area contributed by atoms with Crippen molar-refractivity contribution in [1.82, 2.24) is 4.57 Å². The number of aromatic nitrogens is 1. The fourth-order valence-corrected chi connectivity index (χ4v) is 1.89. The van der Waals surface area contributed by atoms with E-state index >= 15 is 0 Å². The summed E-state index contributed by atoms with van der Waals surface area (Å²) in [5.74, 6) is -0.991. The molecule has 0 aliphatic carbocycles. The van der Waals surface area contributed by atoms with Crippen LogP contribution < -0.4 is 0 Å². The average molecular weight is 250 g/mol. The molecule has 0 bridgehead atoms. The van der Waals surface area contributed by atoms with Crippen LogP contribution >= 0.6 is 11.6 Å². The number of carboxylic acids is 1. The van der Waals surface area contributed by atoms with Crippen molar-refractivity contribution in [3.63, 3.8) is 0 Å². The van der Waals surface area contributed by atoms with Crippen molar-refractivity contribution in [2.75, 3.05) is 0 Å². The SMILES string of the molecule is Cc1ccc(-n2cc(Cl)cc2C(=O)O)cc1C. The summed E-state index contributed by atoms with van der Waals surface area (Å²) in [6.45, 7) is 4.00. The molecular weight excluding hydrogens is 238 g/mol. The summed E-state index contributed by atoms with van der Waals surface area (Å²) in [4.78, 5) is 11.1. The Morgan fingerprint density at radius 3 is 2.53 bits per heavy atom. The van der Waals surface area contributed by atoms with Crippen molar-refractivity contribution in [2.24, 2.45) is 0 Å². The average Bonchev–Trinajstić information content (AvgIpc) is 2.64. The van der Waals surface area contributed by atoms with Gasteiger partial charge < -0.3 is 9.67 Å². The lowest BCUT2D eigenvalue weighted by atomic mass is 10.1. The molecule has 2 aromatic rings. The monoisotopic (exact) mass is 249 g/mol. The molecule has 4 heteroatoms. The van der Waals surface area contributed by atoms with Crippen LogP contribution in [0.1, 0.15) is 21.6 Å². The van der Waals surface area contributed by atoms with E-state index in [2.05, 4.69) is 0 Å². The van der Waals surface area contributed by atoms with Crippen LogP contribution in [-0.4, -0.2) is 15.6 Å². The van der Waals surface area contributed by atoms with Crippen LogP contribution in [0.2, 0.25) is 5.02 Å². The lowest BCUT2D eigenvalue weighted by Crippen LogP contribution is -2.05. The van der Waals surface area contributed by atoms with Gasteiger partial charge in [0, 0.05) is 11.9 Å². The smallest absolute Gasteiger partial charge is 0.352 e. The molecule has 0 atom stereocenters. The predicted octanol–water partition coefficient (Wildman–Crippen LogP) is 3.45. The first-order valence-electron chi connectivity index (χ1n) is 5.18. The molecule has 0 amide bonds. The Morgan fingerprint density at radius 2 is 1.94 bits per heavy atom. The number of halogens is 1. The maximum absolute atomic E-state index is 11.1. The van der Waals surface area contributed by atoms with Crippen LogP contribution in [0.15, 0.2) is 30.5 Å². The number of rotatable bonds is 2. The summed E-state index contributed by atoms with van der Waals surface area (Å²) in [6.07, 6.45) is 1.61. The molecule has 0 spiro atoms. The third kappa shape index (κ3) is 2.19. The number of hydrogen-bond acceptors (Lipinski definition) is 1. The van der Waals surface area contributed by atoms with E-state index in [9.17, 15) is 4.79 Å². The standard InChI is InChI=1S/C13H12ClNO2/c1-8-3-4-11(5-9(8)2)15-7-10(14)6-12(15)13(16)17/h3-7H,1-2H3,(H,16,17). The highest BCUT2D eigenvalue weighted by molar-refractivity contribution is 6.31. The molecule has 1 aromatic heterocycles. The second kappa shape index (κ2) is 4.26. The second-order valence-electron chi connectivity index (χ2n) is 3.99. The van der Waals surface area contributed by atoms with Crippen LogP contribution in [0.5, 0.6) is 0 Å². The van der Waals surface area contributed by atoms with Gasteiger partial charge in [0.2, 0.25) is 0 Å². The van der Waals surface area contributed by atoms with Gasteiger partial charge in [-0.05, 0) is 43.2 Å². The lowest BCUT2D eigenvalue weighted by Gasteiger charge is -2.08. The second-order valence-corrected chi connectivity index (χ2v) is 4.42. The van der Waals surface area contributed by atoms with Gasteiger partial charge >= 0.3 is 5.97 Å². The summed E-state index contributed by atoms with van der Waals surface area (Å²) in [6, 6.07) is 7.23. The molecule has 1 aromatic carbocycles. The first-order chi connectivity index (χ1) is 7.99. The first kappa shape index (κ1) is 11.7. The molecule has 0 aliphatic rings. The van der Waals surface area contributed by atoms with E-state index in [1.165, 1.54) is 11.6 Å². The molecule has 0 unspecified atom stereocenters. The Morgan fingerprint density at radius 1 is 1.24 bits per heavy atom. The minimum atomic E-state index is -0.991. The van der Waals surface area contributed by atoms with Gasteiger partial charge in [0.25, 0.3) is 0 Å². The Labute approximate surface area is 104 Å². The van der Waals surface area contributed by atoms with Gasteiger partial charge in [-0.3, -0.25) is 0 Å². The van der Waals surface area contributed by atoms with Gasteiger partial charge in [0.05, 0.1) is 5.02 Å². The Bertz CT molecular complexity index is 587. The van der Waals surface area contributed by atoms with Gasteiger partial charge in [-0.1, -0.05) is 17.7 Å². The number of nitrogens with zero attached hydrogens (tertiary/aromatic N) is 1. The van der Waals surface area contributed by atoms with Crippen LogP contribution in [0.4, 0.5) is 0 Å². The number of hydrogen-bond donors (Lipinski definition) is 1. The van der Waals surface area contributed by atoms with Crippen molar-refractivity contribution in [3.8, 4) is 5.69 Å². The van der Waals surface area contributed by atoms with Gasteiger partial charge in [-0.15, -0.1) is 0 Å². The lowest BCUT2D eigenvalue weighted by molar-refractivity contribution is 0.0688. The Balaban J connectivity index is 2.59. The highest BCUT2D eigenvalue weighted by Crippen LogP contribution is 2.21. The van der Waals surface area contributed by atoms with Crippen LogP contribution in [0.3, 0.4) is 0 Å². The van der Waals surface area contributed by atoms with Gasteiger partial charge in [-0.25, -0.2) is 4.79 Å². The van der Waals surface area contributed by atoms with Crippen molar-refractivity contribution in [3.05, 3.63) is 52.3 Å². The Kier molecular flexibility index (Phi) is 2.94. The van der Waals surface area contributed by atoms with Crippen LogP contribution in [0, 0.1) is 13.8 Å². The number of aromatic carboxylic acids is 1. The fraction of sp³-hybridized carbons (Fsp3) is 0.154. The maximum Gasteiger partial charge on any atom is 0.352 e. The van der Waals surface area contributed by atoms with E-state index in [1.807, 2.05) is 32.0 Å². The van der Waals surface area contributed by atoms with Gasteiger partial charge in [0.1, 0.15) is 5.69 Å². The molecular formula is C13H12ClNO2. The summed E-state index contributed by atoms with van der Waals surface area (Å²) in [5.41, 5.74) is 3.25. The normalized spacial score (nSPS) is 10.5. The highest BCUT2D eigenvalue weighted by Gasteiger charge is 2.13. The minimum Gasteiger partial charge on any atom is -0.477 e. The molecule has 0 aliphatic heterocycles. The van der Waals surface area contributed by atoms with Crippen molar-refractivity contribution < 1.29 is 9.90 Å². The summed E-state index contributed by atoms with van der Waals surface area (Å²) >= 11 is 5.85. The number of carboxylic acid groups (broad SMARTS) is 1. The molecule has 0 radical (unpaired) electrons. The topological polar surface area (TPSA) is 42.2 Å². The number of benzene rings is 1. The predicted molar refractivity (Wildman–Crippen MR) is 67.2 cm³/mol. The maximum atomic E-state index is 11.1. The molecule has 0 saturated heterocycles. The van der Waals surface area contributed by atoms with E-state index in [1.54, 1.807) is 10.8 Å². The van der Waals surface area contributed by atoms with E-state index in [4.69, 9.17) is 16.7 Å². The third-order valence-corrected chi connectivity index (χ3v) is 2.98. The summed E-state index contributed by atoms with van der Waals surface area (Å²) in [5, 5.41) is 9.50. The van der Waals surface area contributed by atoms with Gasteiger partial charge in [0.15, 0.2) is 0 Å². The summed E-state index contributed by atoms with van der Waals surface area (Å²) < 4.78 is 1.58. The quantitative estimate of drug-likeness (QED) is 0.886. The van der Waals surface area contributed by atoms with Crippen molar-refractivity contribution in [1.29, 1.82) is 0 Å². The molecule has 1 N–H and O–H groups in total. The molecule has 1 heterocycles. The van der Waals surface area contributed by atoms with E-state index in [0.29, 0.717) is 5.02 Å². The van der Waals surface area contributed by atoms with Crippen molar-refractivity contribution >= 4 is 17.6 Å². The molecule has 0 fully saturated rings. The van der Waals surface area contributed by atoms with E-state index in [-0.39, 0.29) is 5.69 Å². The molecule has 3 nitrogen and oxygen atoms in total. The Hall–Kier alpha value is -1.74. The molecule has 2 rings (SSSR count). The molecule has 17 heavy (non-hydrogen) atoms. The first-order valence-corrected chi connectivity index (χ1v) is 5.55. The third-order valence-electron chi connectivity index (χ3n) is 2.77. The summed E-state index contributed by atoms with van der Waals surface area (Å²) in [7, 11) is 0. The molecule has 88 valence electrons. The largest absolute Gasteiger partial charge is 0.477 e.